The minimum atomic E-state index is -0.406. The van der Waals surface area contributed by atoms with Gasteiger partial charge in [-0.05, 0) is 12.1 Å². The standard InChI is InChI=1S/C21H21N5O3/c27-26(28)18-8-9-19(24-20(18)16-5-2-1-3-6-16)23-15-17-7-4-10-22-21(17)25-11-13-29-14-12-25/h1-10H,11-15H2,(H,23,24). The van der Waals surface area contributed by atoms with Crippen molar-refractivity contribution in [3.05, 3.63) is 76.5 Å². The van der Waals surface area contributed by atoms with Crippen molar-refractivity contribution in [2.45, 2.75) is 6.54 Å². The van der Waals surface area contributed by atoms with Crippen LogP contribution in [-0.4, -0.2) is 41.2 Å². The molecule has 148 valence electrons. The van der Waals surface area contributed by atoms with Crippen LogP contribution in [-0.2, 0) is 11.3 Å². The van der Waals surface area contributed by atoms with Gasteiger partial charge in [-0.2, -0.15) is 0 Å². The maximum atomic E-state index is 11.4. The van der Waals surface area contributed by atoms with E-state index in [4.69, 9.17) is 4.74 Å². The highest BCUT2D eigenvalue weighted by molar-refractivity contribution is 5.71. The van der Waals surface area contributed by atoms with E-state index >= 15 is 0 Å². The van der Waals surface area contributed by atoms with Crippen LogP contribution in [0.4, 0.5) is 17.3 Å². The normalized spacial score (nSPS) is 13.9. The third kappa shape index (κ3) is 4.33. The summed E-state index contributed by atoms with van der Waals surface area (Å²) in [6.45, 7) is 3.50. The predicted octanol–water partition coefficient (Wildman–Crippen LogP) is 3.50. The Balaban J connectivity index is 1.57. The van der Waals surface area contributed by atoms with Crippen LogP contribution in [0.2, 0.25) is 0 Å². The predicted molar refractivity (Wildman–Crippen MR) is 111 cm³/mol. The molecular formula is C21H21N5O3. The number of hydrogen-bond acceptors (Lipinski definition) is 7. The molecule has 4 rings (SSSR count). The molecule has 8 heteroatoms. The molecule has 1 aliphatic rings. The van der Waals surface area contributed by atoms with E-state index in [-0.39, 0.29) is 5.69 Å². The zero-order chi connectivity index (χ0) is 20.1. The lowest BCUT2D eigenvalue weighted by Gasteiger charge is -2.29. The molecule has 8 nitrogen and oxygen atoms in total. The summed E-state index contributed by atoms with van der Waals surface area (Å²) in [5, 5.41) is 14.7. The number of nitrogens with one attached hydrogen (secondary N) is 1. The van der Waals surface area contributed by atoms with Gasteiger partial charge in [0.2, 0.25) is 0 Å². The van der Waals surface area contributed by atoms with E-state index in [1.807, 2.05) is 42.5 Å². The van der Waals surface area contributed by atoms with Crippen LogP contribution in [0.3, 0.4) is 0 Å². The van der Waals surface area contributed by atoms with Crippen LogP contribution in [0.25, 0.3) is 11.3 Å². The third-order valence-electron chi connectivity index (χ3n) is 4.76. The lowest BCUT2D eigenvalue weighted by molar-refractivity contribution is -0.384. The molecule has 0 amide bonds. The van der Waals surface area contributed by atoms with E-state index in [0.29, 0.717) is 36.8 Å². The van der Waals surface area contributed by atoms with Crippen molar-refractivity contribution in [2.75, 3.05) is 36.5 Å². The summed E-state index contributed by atoms with van der Waals surface area (Å²) < 4.78 is 5.43. The molecule has 1 aromatic carbocycles. The van der Waals surface area contributed by atoms with E-state index in [1.54, 1.807) is 12.3 Å². The topological polar surface area (TPSA) is 93.4 Å². The van der Waals surface area contributed by atoms with Crippen LogP contribution < -0.4 is 10.2 Å². The third-order valence-corrected chi connectivity index (χ3v) is 4.76. The maximum absolute atomic E-state index is 11.4. The molecule has 1 aliphatic heterocycles. The molecule has 0 spiro atoms. The Kier molecular flexibility index (Phi) is 5.62. The molecule has 0 bridgehead atoms. The highest BCUT2D eigenvalue weighted by Gasteiger charge is 2.19. The van der Waals surface area contributed by atoms with Crippen molar-refractivity contribution < 1.29 is 9.66 Å². The van der Waals surface area contributed by atoms with Crippen molar-refractivity contribution in [2.24, 2.45) is 0 Å². The van der Waals surface area contributed by atoms with Gasteiger partial charge in [-0.15, -0.1) is 0 Å². The van der Waals surface area contributed by atoms with Gasteiger partial charge in [0.25, 0.3) is 5.69 Å². The summed E-state index contributed by atoms with van der Waals surface area (Å²) >= 11 is 0. The number of ether oxygens (including phenoxy) is 1. The van der Waals surface area contributed by atoms with E-state index in [0.717, 1.165) is 24.5 Å². The molecule has 3 heterocycles. The fourth-order valence-corrected chi connectivity index (χ4v) is 3.32. The van der Waals surface area contributed by atoms with E-state index < -0.39 is 4.92 Å². The van der Waals surface area contributed by atoms with Crippen molar-refractivity contribution in [1.29, 1.82) is 0 Å². The molecule has 0 unspecified atom stereocenters. The molecule has 0 aliphatic carbocycles. The van der Waals surface area contributed by atoms with E-state index in [1.165, 1.54) is 6.07 Å². The van der Waals surface area contributed by atoms with E-state index in [2.05, 4.69) is 20.2 Å². The van der Waals surface area contributed by atoms with Gasteiger partial charge in [0.1, 0.15) is 11.6 Å². The van der Waals surface area contributed by atoms with Gasteiger partial charge < -0.3 is 15.0 Å². The number of rotatable bonds is 6. The fourth-order valence-electron chi connectivity index (χ4n) is 3.32. The minimum absolute atomic E-state index is 0.0165. The molecule has 2 aromatic heterocycles. The fraction of sp³-hybridized carbons (Fsp3) is 0.238. The lowest BCUT2D eigenvalue weighted by atomic mass is 10.1. The van der Waals surface area contributed by atoms with Crippen LogP contribution in [0.1, 0.15) is 5.56 Å². The minimum Gasteiger partial charge on any atom is -0.378 e. The second-order valence-electron chi connectivity index (χ2n) is 6.63. The van der Waals surface area contributed by atoms with Crippen LogP contribution >= 0.6 is 0 Å². The Bertz CT molecular complexity index is 991. The molecule has 3 aromatic rings. The number of pyridine rings is 2. The SMILES string of the molecule is O=[N+]([O-])c1ccc(NCc2cccnc2N2CCOCC2)nc1-c1ccccc1. The number of aromatic nitrogens is 2. The molecule has 1 N–H and O–H groups in total. The largest absolute Gasteiger partial charge is 0.378 e. The van der Waals surface area contributed by atoms with Gasteiger partial charge in [0, 0.05) is 43.0 Å². The van der Waals surface area contributed by atoms with Gasteiger partial charge >= 0.3 is 0 Å². The Morgan fingerprint density at radius 3 is 2.62 bits per heavy atom. The zero-order valence-electron chi connectivity index (χ0n) is 15.8. The first kappa shape index (κ1) is 18.8. The quantitative estimate of drug-likeness (QED) is 0.508. The highest BCUT2D eigenvalue weighted by Crippen LogP contribution is 2.29. The Labute approximate surface area is 168 Å². The number of benzene rings is 1. The molecule has 0 radical (unpaired) electrons. The maximum Gasteiger partial charge on any atom is 0.295 e. The number of morpholine rings is 1. The van der Waals surface area contributed by atoms with Crippen LogP contribution in [0, 0.1) is 10.1 Å². The summed E-state index contributed by atoms with van der Waals surface area (Å²) in [5.74, 6) is 1.50. The van der Waals surface area contributed by atoms with Gasteiger partial charge in [0.15, 0.2) is 5.69 Å². The van der Waals surface area contributed by atoms with Crippen molar-refractivity contribution in [3.63, 3.8) is 0 Å². The number of hydrogen-bond donors (Lipinski definition) is 1. The summed E-state index contributed by atoms with van der Waals surface area (Å²) in [7, 11) is 0. The summed E-state index contributed by atoms with van der Waals surface area (Å²) in [6.07, 6.45) is 1.78. The summed E-state index contributed by atoms with van der Waals surface area (Å²) in [5.41, 5.74) is 2.08. The lowest BCUT2D eigenvalue weighted by Crippen LogP contribution is -2.37. The monoisotopic (exact) mass is 391 g/mol. The van der Waals surface area contributed by atoms with Crippen molar-refractivity contribution in [3.8, 4) is 11.3 Å². The smallest absolute Gasteiger partial charge is 0.295 e. The first-order valence-electron chi connectivity index (χ1n) is 9.44. The Hall–Kier alpha value is -3.52. The summed E-state index contributed by atoms with van der Waals surface area (Å²) in [4.78, 5) is 22.3. The highest BCUT2D eigenvalue weighted by atomic mass is 16.6. The number of anilines is 2. The van der Waals surface area contributed by atoms with Gasteiger partial charge in [-0.1, -0.05) is 36.4 Å². The van der Waals surface area contributed by atoms with Crippen LogP contribution in [0.15, 0.2) is 60.8 Å². The second-order valence-corrected chi connectivity index (χ2v) is 6.63. The Morgan fingerprint density at radius 2 is 1.86 bits per heavy atom. The summed E-state index contributed by atoms with van der Waals surface area (Å²) in [6, 6.07) is 16.2. The van der Waals surface area contributed by atoms with Gasteiger partial charge in [-0.3, -0.25) is 10.1 Å². The van der Waals surface area contributed by atoms with Crippen molar-refractivity contribution >= 4 is 17.3 Å². The number of nitro groups is 1. The molecular weight excluding hydrogens is 370 g/mol. The average Bonchev–Trinajstić information content (AvgIpc) is 2.79. The van der Waals surface area contributed by atoms with Gasteiger partial charge in [0.05, 0.1) is 18.1 Å². The first-order chi connectivity index (χ1) is 14.2. The Morgan fingerprint density at radius 1 is 1.07 bits per heavy atom. The molecule has 0 atom stereocenters. The molecule has 0 saturated carbocycles. The van der Waals surface area contributed by atoms with Crippen LogP contribution in [0.5, 0.6) is 0 Å². The second kappa shape index (κ2) is 8.66. The molecule has 29 heavy (non-hydrogen) atoms. The molecule has 1 saturated heterocycles. The van der Waals surface area contributed by atoms with Gasteiger partial charge in [-0.25, -0.2) is 9.97 Å². The number of nitrogens with zero attached hydrogens (tertiary/aromatic N) is 4. The van der Waals surface area contributed by atoms with E-state index in [9.17, 15) is 10.1 Å². The first-order valence-corrected chi connectivity index (χ1v) is 9.44. The average molecular weight is 391 g/mol. The van der Waals surface area contributed by atoms with Crippen molar-refractivity contribution in [1.82, 2.24) is 9.97 Å². The molecule has 1 fully saturated rings. The zero-order valence-corrected chi connectivity index (χ0v) is 15.8.